The number of fused-ring (bicyclic) bond motifs is 1. The summed E-state index contributed by atoms with van der Waals surface area (Å²) >= 11 is 1.46. The molecule has 2 aromatic rings. The van der Waals surface area contributed by atoms with Crippen LogP contribution in [0.2, 0.25) is 0 Å². The molecule has 1 N–H and O–H groups in total. The van der Waals surface area contributed by atoms with E-state index in [1.807, 2.05) is 30.3 Å². The van der Waals surface area contributed by atoms with Gasteiger partial charge in [0.2, 0.25) is 0 Å². The summed E-state index contributed by atoms with van der Waals surface area (Å²) in [6, 6.07) is 9.48. The van der Waals surface area contributed by atoms with Crippen LogP contribution in [-0.4, -0.2) is 18.7 Å². The van der Waals surface area contributed by atoms with Crippen molar-refractivity contribution in [1.82, 2.24) is 0 Å². The van der Waals surface area contributed by atoms with Crippen molar-refractivity contribution in [2.24, 2.45) is 5.92 Å². The van der Waals surface area contributed by atoms with Crippen LogP contribution in [0.15, 0.2) is 30.3 Å². The van der Waals surface area contributed by atoms with Gasteiger partial charge in [0, 0.05) is 4.88 Å². The summed E-state index contributed by atoms with van der Waals surface area (Å²) in [5, 5.41) is 3.28. The zero-order valence-electron chi connectivity index (χ0n) is 15.0. The summed E-state index contributed by atoms with van der Waals surface area (Å²) in [5.74, 6) is 0.201. The molecule has 1 aliphatic rings. The van der Waals surface area contributed by atoms with Gasteiger partial charge in [-0.05, 0) is 43.2 Å². The summed E-state index contributed by atoms with van der Waals surface area (Å²) < 4.78 is 10.5. The van der Waals surface area contributed by atoms with Gasteiger partial charge in [-0.25, -0.2) is 9.59 Å². The van der Waals surface area contributed by atoms with Crippen LogP contribution in [0.1, 0.15) is 46.6 Å². The van der Waals surface area contributed by atoms with E-state index in [0.29, 0.717) is 23.1 Å². The Morgan fingerprint density at radius 1 is 1.23 bits per heavy atom. The van der Waals surface area contributed by atoms with Crippen LogP contribution < -0.4 is 5.32 Å². The van der Waals surface area contributed by atoms with Crippen LogP contribution in [0.5, 0.6) is 0 Å². The predicted molar refractivity (Wildman–Crippen MR) is 102 cm³/mol. The quantitative estimate of drug-likeness (QED) is 0.765. The summed E-state index contributed by atoms with van der Waals surface area (Å²) in [4.78, 5) is 25.8. The van der Waals surface area contributed by atoms with E-state index in [1.54, 1.807) is 6.92 Å². The Morgan fingerprint density at radius 2 is 2.00 bits per heavy atom. The Hall–Kier alpha value is -2.34. The van der Waals surface area contributed by atoms with Crippen molar-refractivity contribution in [2.75, 3.05) is 11.9 Å². The number of nitrogens with one attached hydrogen (secondary N) is 1. The summed E-state index contributed by atoms with van der Waals surface area (Å²) in [6.45, 7) is 4.47. The summed E-state index contributed by atoms with van der Waals surface area (Å²) in [6.07, 6.45) is 2.23. The van der Waals surface area contributed by atoms with Gasteiger partial charge in [-0.1, -0.05) is 37.3 Å². The lowest BCUT2D eigenvalue weighted by atomic mass is 9.88. The maximum Gasteiger partial charge on any atom is 0.412 e. The molecule has 1 atom stereocenters. The molecule has 0 bridgehead atoms. The van der Waals surface area contributed by atoms with Gasteiger partial charge < -0.3 is 9.47 Å². The molecule has 0 saturated heterocycles. The molecule has 5 nitrogen and oxygen atoms in total. The van der Waals surface area contributed by atoms with Crippen molar-refractivity contribution < 1.29 is 19.1 Å². The standard InChI is InChI=1S/C20H23NO4S/c1-3-24-19(22)17-15-10-9-13(2)11-16(15)26-18(17)21-20(23)25-12-14-7-5-4-6-8-14/h4-8,13H,3,9-12H2,1-2H3,(H,21,23)/t13-/m1/s1. The number of benzene rings is 1. The molecule has 0 spiro atoms. The Kier molecular flexibility index (Phi) is 5.93. The second-order valence-electron chi connectivity index (χ2n) is 6.46. The molecule has 0 radical (unpaired) electrons. The Balaban J connectivity index is 1.75. The molecule has 0 saturated carbocycles. The van der Waals surface area contributed by atoms with Crippen molar-refractivity contribution in [1.29, 1.82) is 0 Å². The smallest absolute Gasteiger partial charge is 0.412 e. The molecule has 1 aliphatic carbocycles. The Morgan fingerprint density at radius 3 is 2.73 bits per heavy atom. The lowest BCUT2D eigenvalue weighted by Gasteiger charge is -2.18. The molecule has 1 aromatic heterocycles. The number of hydrogen-bond donors (Lipinski definition) is 1. The molecule has 138 valence electrons. The normalized spacial score (nSPS) is 15.8. The van der Waals surface area contributed by atoms with Crippen LogP contribution in [0.4, 0.5) is 9.80 Å². The first-order chi connectivity index (χ1) is 12.6. The molecular weight excluding hydrogens is 350 g/mol. The summed E-state index contributed by atoms with van der Waals surface area (Å²) in [5.41, 5.74) is 2.42. The SMILES string of the molecule is CCOC(=O)c1c(NC(=O)OCc2ccccc2)sc2c1CC[C@@H](C)C2. The highest BCUT2D eigenvalue weighted by atomic mass is 32.1. The van der Waals surface area contributed by atoms with Crippen molar-refractivity contribution >= 4 is 28.4 Å². The van der Waals surface area contributed by atoms with Crippen molar-refractivity contribution in [3.63, 3.8) is 0 Å². The average Bonchev–Trinajstić information content (AvgIpc) is 2.98. The number of hydrogen-bond acceptors (Lipinski definition) is 5. The first-order valence-electron chi connectivity index (χ1n) is 8.87. The lowest BCUT2D eigenvalue weighted by Crippen LogP contribution is -2.17. The Labute approximate surface area is 157 Å². The number of rotatable bonds is 5. The summed E-state index contributed by atoms with van der Waals surface area (Å²) in [7, 11) is 0. The maximum atomic E-state index is 12.4. The first-order valence-corrected chi connectivity index (χ1v) is 9.69. The van der Waals surface area contributed by atoms with Gasteiger partial charge >= 0.3 is 12.1 Å². The second-order valence-corrected chi connectivity index (χ2v) is 7.57. The molecule has 1 heterocycles. The van der Waals surface area contributed by atoms with Gasteiger partial charge in [0.1, 0.15) is 11.6 Å². The van der Waals surface area contributed by atoms with Crippen molar-refractivity contribution in [3.8, 4) is 0 Å². The number of esters is 1. The van der Waals surface area contributed by atoms with Gasteiger partial charge in [0.15, 0.2) is 0 Å². The van der Waals surface area contributed by atoms with Gasteiger partial charge in [-0.3, -0.25) is 5.32 Å². The van der Waals surface area contributed by atoms with Crippen LogP contribution in [0.3, 0.4) is 0 Å². The first kappa shape index (κ1) is 18.5. The van der Waals surface area contributed by atoms with Gasteiger partial charge in [-0.15, -0.1) is 11.3 Å². The monoisotopic (exact) mass is 373 g/mol. The average molecular weight is 373 g/mol. The third-order valence-corrected chi connectivity index (χ3v) is 5.59. The van der Waals surface area contributed by atoms with Crippen LogP contribution >= 0.6 is 11.3 Å². The molecular formula is C20H23NO4S. The highest BCUT2D eigenvalue weighted by Gasteiger charge is 2.29. The minimum absolute atomic E-state index is 0.184. The predicted octanol–water partition coefficient (Wildman–Crippen LogP) is 4.80. The molecule has 0 fully saturated rings. The molecule has 0 unspecified atom stereocenters. The minimum atomic E-state index is -0.564. The molecule has 3 rings (SSSR count). The molecule has 1 amide bonds. The van der Waals surface area contributed by atoms with Crippen LogP contribution in [0.25, 0.3) is 0 Å². The fourth-order valence-corrected chi connectivity index (χ4v) is 4.49. The van der Waals surface area contributed by atoms with Crippen molar-refractivity contribution in [2.45, 2.75) is 39.7 Å². The highest BCUT2D eigenvalue weighted by molar-refractivity contribution is 7.17. The molecule has 0 aliphatic heterocycles. The van der Waals surface area contributed by atoms with Crippen molar-refractivity contribution in [3.05, 3.63) is 51.9 Å². The molecule has 26 heavy (non-hydrogen) atoms. The number of amides is 1. The minimum Gasteiger partial charge on any atom is -0.462 e. The van der Waals surface area contributed by atoms with E-state index in [1.165, 1.54) is 11.3 Å². The van der Waals surface area contributed by atoms with Crippen LogP contribution in [-0.2, 0) is 28.9 Å². The number of thiophene rings is 1. The maximum absolute atomic E-state index is 12.4. The van der Waals surface area contributed by atoms with E-state index in [9.17, 15) is 9.59 Å². The fourth-order valence-electron chi connectivity index (χ4n) is 3.11. The topological polar surface area (TPSA) is 64.6 Å². The lowest BCUT2D eigenvalue weighted by molar-refractivity contribution is 0.0526. The zero-order chi connectivity index (χ0) is 18.5. The van der Waals surface area contributed by atoms with E-state index >= 15 is 0 Å². The van der Waals surface area contributed by atoms with E-state index in [4.69, 9.17) is 9.47 Å². The van der Waals surface area contributed by atoms with E-state index in [0.717, 1.165) is 35.3 Å². The largest absolute Gasteiger partial charge is 0.462 e. The third kappa shape index (κ3) is 4.25. The van der Waals surface area contributed by atoms with Gasteiger partial charge in [0.25, 0.3) is 0 Å². The highest BCUT2D eigenvalue weighted by Crippen LogP contribution is 2.40. The molecule has 1 aromatic carbocycles. The van der Waals surface area contributed by atoms with E-state index in [-0.39, 0.29) is 12.6 Å². The number of carbonyl (C=O) groups excluding carboxylic acids is 2. The second kappa shape index (κ2) is 8.36. The fraction of sp³-hybridized carbons (Fsp3) is 0.400. The zero-order valence-corrected chi connectivity index (χ0v) is 15.9. The van der Waals surface area contributed by atoms with Gasteiger partial charge in [-0.2, -0.15) is 0 Å². The van der Waals surface area contributed by atoms with E-state index < -0.39 is 6.09 Å². The molecule has 6 heteroatoms. The number of carbonyl (C=O) groups is 2. The Bertz CT molecular complexity index is 785. The van der Waals surface area contributed by atoms with E-state index in [2.05, 4.69) is 12.2 Å². The van der Waals surface area contributed by atoms with Crippen LogP contribution in [0, 0.1) is 5.92 Å². The number of ether oxygens (including phenoxy) is 2. The van der Waals surface area contributed by atoms with Gasteiger partial charge in [0.05, 0.1) is 12.2 Å². The third-order valence-electron chi connectivity index (χ3n) is 4.42. The number of anilines is 1.